The summed E-state index contributed by atoms with van der Waals surface area (Å²) in [6.07, 6.45) is 5.33. The molecule has 2 heterocycles. The molecule has 7 nitrogen and oxygen atoms in total. The van der Waals surface area contributed by atoms with E-state index in [4.69, 9.17) is 12.2 Å². The number of benzene rings is 2. The number of aryl methyl sites for hydroxylation is 1. The van der Waals surface area contributed by atoms with Crippen molar-refractivity contribution in [1.29, 1.82) is 0 Å². The van der Waals surface area contributed by atoms with Gasteiger partial charge in [0.05, 0.1) is 17.3 Å². The molecule has 1 amide bonds. The average Bonchev–Trinajstić information content (AvgIpc) is 3.46. The van der Waals surface area contributed by atoms with E-state index in [0.717, 1.165) is 41.0 Å². The Labute approximate surface area is 192 Å². The standard InChI is InChI=1S/C24H24N6OS/c1-15-3-7-18(8-4-15)27-23(31)21-16(2)30(20-11-12-20)24(32)28-22(21)17-5-9-19(10-6-17)29-14-25-13-26-29/h3-10,13-14,20,22H,11-12H2,1-2H3,(H,27,31)(H,28,32)/t22-/m1/s1. The van der Waals surface area contributed by atoms with Crippen LogP contribution in [0.5, 0.6) is 0 Å². The lowest BCUT2D eigenvalue weighted by atomic mass is 9.94. The SMILES string of the molecule is CC1=C(C(=O)Nc2ccc(C)cc2)[C@@H](c2ccc(-n3cncn3)cc2)NC(=S)N1C1CC1. The molecule has 0 radical (unpaired) electrons. The molecular formula is C24H24N6OS. The van der Waals surface area contributed by atoms with Gasteiger partial charge in [-0.25, -0.2) is 9.67 Å². The van der Waals surface area contributed by atoms with Gasteiger partial charge in [-0.3, -0.25) is 4.79 Å². The highest BCUT2D eigenvalue weighted by Gasteiger charge is 2.40. The minimum atomic E-state index is -0.340. The Balaban J connectivity index is 1.50. The molecule has 2 N–H and O–H groups in total. The van der Waals surface area contributed by atoms with Gasteiger partial charge in [0, 0.05) is 17.4 Å². The molecule has 0 saturated heterocycles. The Bertz CT molecular complexity index is 1180. The minimum absolute atomic E-state index is 0.127. The normalized spacial score (nSPS) is 18.5. The number of anilines is 1. The van der Waals surface area contributed by atoms with Crippen molar-refractivity contribution in [2.24, 2.45) is 0 Å². The van der Waals surface area contributed by atoms with Crippen LogP contribution >= 0.6 is 12.2 Å². The summed E-state index contributed by atoms with van der Waals surface area (Å²) in [4.78, 5) is 19.6. The van der Waals surface area contributed by atoms with Crippen LogP contribution in [-0.2, 0) is 4.79 Å². The molecule has 162 valence electrons. The van der Waals surface area contributed by atoms with Crippen LogP contribution in [0.2, 0.25) is 0 Å². The molecule has 32 heavy (non-hydrogen) atoms. The third-order valence-electron chi connectivity index (χ3n) is 5.90. The second kappa shape index (κ2) is 8.20. The Morgan fingerprint density at radius 3 is 2.44 bits per heavy atom. The van der Waals surface area contributed by atoms with Crippen LogP contribution in [0.25, 0.3) is 5.69 Å². The molecule has 1 saturated carbocycles. The fraction of sp³-hybridized carbons (Fsp3) is 0.250. The van der Waals surface area contributed by atoms with Crippen molar-refractivity contribution >= 4 is 28.9 Å². The third kappa shape index (κ3) is 3.89. The van der Waals surface area contributed by atoms with Crippen LogP contribution < -0.4 is 10.6 Å². The maximum absolute atomic E-state index is 13.5. The van der Waals surface area contributed by atoms with Gasteiger partial charge in [0.2, 0.25) is 0 Å². The van der Waals surface area contributed by atoms with E-state index in [0.29, 0.717) is 16.7 Å². The van der Waals surface area contributed by atoms with Gasteiger partial charge in [-0.1, -0.05) is 29.8 Å². The maximum atomic E-state index is 13.5. The number of hydrogen-bond donors (Lipinski definition) is 2. The van der Waals surface area contributed by atoms with Crippen molar-refractivity contribution in [1.82, 2.24) is 25.0 Å². The van der Waals surface area contributed by atoms with Crippen molar-refractivity contribution in [2.45, 2.75) is 38.8 Å². The highest BCUT2D eigenvalue weighted by molar-refractivity contribution is 7.80. The second-order valence-electron chi connectivity index (χ2n) is 8.23. The third-order valence-corrected chi connectivity index (χ3v) is 6.22. The molecule has 1 fully saturated rings. The number of carbonyl (C=O) groups is 1. The number of rotatable bonds is 5. The second-order valence-corrected chi connectivity index (χ2v) is 8.62. The first-order chi connectivity index (χ1) is 15.5. The number of carbonyl (C=O) groups excluding carboxylic acids is 1. The topological polar surface area (TPSA) is 75.1 Å². The molecule has 0 spiro atoms. The van der Waals surface area contributed by atoms with Crippen molar-refractivity contribution in [3.63, 3.8) is 0 Å². The first-order valence-electron chi connectivity index (χ1n) is 10.6. The zero-order chi connectivity index (χ0) is 22.2. The van der Waals surface area contributed by atoms with Gasteiger partial charge in [0.25, 0.3) is 5.91 Å². The molecule has 1 aromatic heterocycles. The van der Waals surface area contributed by atoms with Gasteiger partial charge >= 0.3 is 0 Å². The molecule has 1 atom stereocenters. The Hall–Kier alpha value is -3.52. The quantitative estimate of drug-likeness (QED) is 0.582. The van der Waals surface area contributed by atoms with E-state index in [2.05, 4.69) is 25.6 Å². The number of thiocarbonyl (C=S) groups is 1. The van der Waals surface area contributed by atoms with Crippen LogP contribution in [0, 0.1) is 6.92 Å². The van der Waals surface area contributed by atoms with Crippen LogP contribution in [0.4, 0.5) is 5.69 Å². The summed E-state index contributed by atoms with van der Waals surface area (Å²) >= 11 is 5.70. The molecule has 3 aromatic rings. The van der Waals surface area contributed by atoms with Crippen molar-refractivity contribution in [3.8, 4) is 5.69 Å². The maximum Gasteiger partial charge on any atom is 0.255 e. The number of nitrogens with one attached hydrogen (secondary N) is 2. The molecule has 0 unspecified atom stereocenters. The summed E-state index contributed by atoms with van der Waals surface area (Å²) in [5.74, 6) is -0.127. The molecule has 2 aromatic carbocycles. The molecular weight excluding hydrogens is 420 g/mol. The summed E-state index contributed by atoms with van der Waals surface area (Å²) < 4.78 is 1.70. The zero-order valence-electron chi connectivity index (χ0n) is 17.9. The first kappa shape index (κ1) is 20.4. The Morgan fingerprint density at radius 1 is 1.09 bits per heavy atom. The monoisotopic (exact) mass is 444 g/mol. The van der Waals surface area contributed by atoms with E-state index >= 15 is 0 Å². The number of aromatic nitrogens is 3. The highest BCUT2D eigenvalue weighted by atomic mass is 32.1. The number of hydrogen-bond acceptors (Lipinski definition) is 4. The first-order valence-corrected chi connectivity index (χ1v) is 11.1. The van der Waals surface area contributed by atoms with Crippen LogP contribution in [0.15, 0.2) is 72.5 Å². The number of nitrogens with zero attached hydrogens (tertiary/aromatic N) is 4. The fourth-order valence-corrected chi connectivity index (χ4v) is 4.47. The van der Waals surface area contributed by atoms with Gasteiger partial charge in [-0.05, 0) is 68.7 Å². The fourth-order valence-electron chi connectivity index (χ4n) is 4.07. The highest BCUT2D eigenvalue weighted by Crippen LogP contribution is 2.38. The van der Waals surface area contributed by atoms with E-state index in [1.807, 2.05) is 62.4 Å². The summed E-state index contributed by atoms with van der Waals surface area (Å²) in [5, 5.41) is 11.3. The smallest absolute Gasteiger partial charge is 0.255 e. The lowest BCUT2D eigenvalue weighted by molar-refractivity contribution is -0.113. The van der Waals surface area contributed by atoms with E-state index in [1.54, 1.807) is 11.0 Å². The molecule has 8 heteroatoms. The Morgan fingerprint density at radius 2 is 1.81 bits per heavy atom. The van der Waals surface area contributed by atoms with Crippen molar-refractivity contribution in [3.05, 3.63) is 83.6 Å². The largest absolute Gasteiger partial charge is 0.351 e. The number of amides is 1. The minimum Gasteiger partial charge on any atom is -0.351 e. The summed E-state index contributed by atoms with van der Waals surface area (Å²) in [6.45, 7) is 4.02. The average molecular weight is 445 g/mol. The van der Waals surface area contributed by atoms with E-state index in [-0.39, 0.29) is 11.9 Å². The lowest BCUT2D eigenvalue weighted by Gasteiger charge is -2.38. The molecule has 0 bridgehead atoms. The summed E-state index contributed by atoms with van der Waals surface area (Å²) in [7, 11) is 0. The predicted octanol–water partition coefficient (Wildman–Crippen LogP) is 3.88. The Kier molecular flexibility index (Phi) is 5.22. The van der Waals surface area contributed by atoms with Crippen LogP contribution in [0.1, 0.15) is 36.9 Å². The van der Waals surface area contributed by atoms with E-state index < -0.39 is 0 Å². The van der Waals surface area contributed by atoms with Gasteiger partial charge in [0.1, 0.15) is 12.7 Å². The van der Waals surface area contributed by atoms with E-state index in [1.165, 1.54) is 6.33 Å². The number of allylic oxidation sites excluding steroid dienone is 1. The van der Waals surface area contributed by atoms with Crippen LogP contribution in [0.3, 0.4) is 0 Å². The van der Waals surface area contributed by atoms with Gasteiger partial charge in [0.15, 0.2) is 5.11 Å². The van der Waals surface area contributed by atoms with E-state index in [9.17, 15) is 4.79 Å². The van der Waals surface area contributed by atoms with Crippen molar-refractivity contribution in [2.75, 3.05) is 5.32 Å². The predicted molar refractivity (Wildman–Crippen MR) is 127 cm³/mol. The zero-order valence-corrected chi connectivity index (χ0v) is 18.8. The summed E-state index contributed by atoms with van der Waals surface area (Å²) in [5.41, 5.74) is 5.36. The van der Waals surface area contributed by atoms with Gasteiger partial charge in [-0.2, -0.15) is 5.10 Å². The molecule has 2 aliphatic rings. The molecule has 1 aliphatic carbocycles. The van der Waals surface area contributed by atoms with Crippen molar-refractivity contribution < 1.29 is 4.79 Å². The molecule has 5 rings (SSSR count). The van der Waals surface area contributed by atoms with Crippen LogP contribution in [-0.4, -0.2) is 36.7 Å². The lowest BCUT2D eigenvalue weighted by Crippen LogP contribution is -2.49. The molecule has 1 aliphatic heterocycles. The van der Waals surface area contributed by atoms with Gasteiger partial charge in [-0.15, -0.1) is 0 Å². The summed E-state index contributed by atoms with van der Waals surface area (Å²) in [6, 6.07) is 15.8. The van der Waals surface area contributed by atoms with Gasteiger partial charge < -0.3 is 15.5 Å².